The molecule has 2 aromatic rings. The molecule has 0 saturated carbocycles. The average Bonchev–Trinajstić information content (AvgIpc) is 2.23. The third-order valence-electron chi connectivity index (χ3n) is 1.69. The molecule has 0 fully saturated rings. The fourth-order valence-corrected chi connectivity index (χ4v) is 1.01. The van der Waals surface area contributed by atoms with Gasteiger partial charge >= 0.3 is 0 Å². The minimum absolute atomic E-state index is 0.564. The molecule has 0 atom stereocenters. The second-order valence-corrected chi connectivity index (χ2v) is 2.92. The first-order valence-corrected chi connectivity index (χ1v) is 4.31. The van der Waals surface area contributed by atoms with Crippen LogP contribution in [0.4, 0.5) is 11.8 Å². The van der Waals surface area contributed by atoms with Gasteiger partial charge in [-0.15, -0.1) is 0 Å². The van der Waals surface area contributed by atoms with Crippen molar-refractivity contribution in [1.29, 1.82) is 0 Å². The van der Waals surface area contributed by atoms with Gasteiger partial charge in [0, 0.05) is 18.6 Å². The highest BCUT2D eigenvalue weighted by Crippen LogP contribution is 2.07. The quantitative estimate of drug-likeness (QED) is 0.778. The van der Waals surface area contributed by atoms with E-state index in [0.717, 1.165) is 11.4 Å². The van der Waals surface area contributed by atoms with Crippen LogP contribution >= 0.6 is 0 Å². The topological polar surface area (TPSA) is 50.7 Å². The van der Waals surface area contributed by atoms with Crippen molar-refractivity contribution in [3.63, 3.8) is 0 Å². The summed E-state index contributed by atoms with van der Waals surface area (Å²) in [6, 6.07) is 5.63. The Kier molecular flexibility index (Phi) is 2.36. The number of anilines is 2. The number of pyridine rings is 1. The van der Waals surface area contributed by atoms with E-state index >= 15 is 0 Å². The largest absolute Gasteiger partial charge is 0.309 e. The molecule has 0 aliphatic rings. The minimum Gasteiger partial charge on any atom is -0.309 e. The summed E-state index contributed by atoms with van der Waals surface area (Å²) in [6.07, 6.45) is 5.24. The van der Waals surface area contributed by atoms with E-state index < -0.39 is 0 Å². The summed E-state index contributed by atoms with van der Waals surface area (Å²) in [5.41, 5.74) is 1.04. The number of nitrogens with zero attached hydrogens (tertiary/aromatic N) is 3. The number of aromatic nitrogens is 3. The first kappa shape index (κ1) is 8.62. The molecule has 0 radical (unpaired) electrons. The summed E-state index contributed by atoms with van der Waals surface area (Å²) in [7, 11) is 0. The third-order valence-corrected chi connectivity index (χ3v) is 1.69. The Morgan fingerprint density at radius 1 is 1.07 bits per heavy atom. The molecular formula is C10H10N4. The molecule has 0 saturated heterocycles. The molecule has 0 spiro atoms. The Morgan fingerprint density at radius 3 is 2.50 bits per heavy atom. The minimum atomic E-state index is 0.564. The van der Waals surface area contributed by atoms with Crippen molar-refractivity contribution in [3.8, 4) is 0 Å². The molecule has 4 nitrogen and oxygen atoms in total. The number of hydrogen-bond acceptors (Lipinski definition) is 4. The predicted molar refractivity (Wildman–Crippen MR) is 54.3 cm³/mol. The lowest BCUT2D eigenvalue weighted by Crippen LogP contribution is -1.97. The number of aryl methyl sites for hydroxylation is 1. The van der Waals surface area contributed by atoms with Gasteiger partial charge in [-0.3, -0.25) is 0 Å². The van der Waals surface area contributed by atoms with Crippen molar-refractivity contribution in [2.75, 3.05) is 5.32 Å². The van der Waals surface area contributed by atoms with Crippen LogP contribution in [0.2, 0.25) is 0 Å². The molecule has 0 aliphatic heterocycles. The lowest BCUT2D eigenvalue weighted by molar-refractivity contribution is 1.12. The van der Waals surface area contributed by atoms with Gasteiger partial charge in [-0.1, -0.05) is 6.07 Å². The molecular weight excluding hydrogens is 176 g/mol. The maximum absolute atomic E-state index is 4.11. The standard InChI is InChI=1S/C10H10N4/c1-8-6-12-10(13-7-8)14-9-4-2-3-5-11-9/h2-7H,1H3,(H,11,12,13,14). The van der Waals surface area contributed by atoms with E-state index in [1.54, 1.807) is 18.6 Å². The zero-order valence-corrected chi connectivity index (χ0v) is 7.81. The maximum Gasteiger partial charge on any atom is 0.228 e. The van der Waals surface area contributed by atoms with Crippen LogP contribution in [0.25, 0.3) is 0 Å². The van der Waals surface area contributed by atoms with E-state index in [2.05, 4.69) is 20.3 Å². The fourth-order valence-electron chi connectivity index (χ4n) is 1.01. The van der Waals surface area contributed by atoms with Crippen LogP contribution in [-0.4, -0.2) is 15.0 Å². The molecule has 4 heteroatoms. The SMILES string of the molecule is Cc1cnc(Nc2ccccn2)nc1. The smallest absolute Gasteiger partial charge is 0.228 e. The highest BCUT2D eigenvalue weighted by molar-refractivity contribution is 5.46. The van der Waals surface area contributed by atoms with Crippen LogP contribution in [-0.2, 0) is 0 Å². The van der Waals surface area contributed by atoms with Crippen molar-refractivity contribution in [1.82, 2.24) is 15.0 Å². The van der Waals surface area contributed by atoms with E-state index in [9.17, 15) is 0 Å². The summed E-state index contributed by atoms with van der Waals surface area (Å²) in [5, 5.41) is 3.00. The zero-order chi connectivity index (χ0) is 9.80. The van der Waals surface area contributed by atoms with Crippen molar-refractivity contribution in [3.05, 3.63) is 42.4 Å². The van der Waals surface area contributed by atoms with E-state index in [0.29, 0.717) is 5.95 Å². The Balaban J connectivity index is 2.16. The van der Waals surface area contributed by atoms with Gasteiger partial charge < -0.3 is 5.32 Å². The second kappa shape index (κ2) is 3.83. The van der Waals surface area contributed by atoms with Gasteiger partial charge in [0.15, 0.2) is 0 Å². The lowest BCUT2D eigenvalue weighted by atomic mass is 10.4. The normalized spacial score (nSPS) is 9.79. The summed E-state index contributed by atoms with van der Waals surface area (Å²) in [5.74, 6) is 1.31. The van der Waals surface area contributed by atoms with Crippen LogP contribution in [0.15, 0.2) is 36.8 Å². The molecule has 70 valence electrons. The molecule has 14 heavy (non-hydrogen) atoms. The first-order valence-electron chi connectivity index (χ1n) is 4.31. The molecule has 0 aromatic carbocycles. The van der Waals surface area contributed by atoms with E-state index in [1.807, 2.05) is 25.1 Å². The zero-order valence-electron chi connectivity index (χ0n) is 7.81. The van der Waals surface area contributed by atoms with Crippen molar-refractivity contribution in [2.45, 2.75) is 6.92 Å². The molecule has 2 aromatic heterocycles. The third kappa shape index (κ3) is 2.04. The highest BCUT2D eigenvalue weighted by Gasteiger charge is 1.95. The molecule has 2 heterocycles. The highest BCUT2D eigenvalue weighted by atomic mass is 15.1. The van der Waals surface area contributed by atoms with Crippen LogP contribution in [0.1, 0.15) is 5.56 Å². The van der Waals surface area contributed by atoms with Crippen LogP contribution in [0.5, 0.6) is 0 Å². The predicted octanol–water partition coefficient (Wildman–Crippen LogP) is 1.92. The molecule has 2 rings (SSSR count). The average molecular weight is 186 g/mol. The van der Waals surface area contributed by atoms with E-state index in [1.165, 1.54) is 0 Å². The van der Waals surface area contributed by atoms with Gasteiger partial charge in [-0.25, -0.2) is 15.0 Å². The number of hydrogen-bond donors (Lipinski definition) is 1. The van der Waals surface area contributed by atoms with Gasteiger partial charge in [0.2, 0.25) is 5.95 Å². The fraction of sp³-hybridized carbons (Fsp3) is 0.100. The molecule has 0 aliphatic carbocycles. The maximum atomic E-state index is 4.11. The lowest BCUT2D eigenvalue weighted by Gasteiger charge is -2.02. The Hall–Kier alpha value is -1.97. The molecule has 0 amide bonds. The Morgan fingerprint density at radius 2 is 1.86 bits per heavy atom. The van der Waals surface area contributed by atoms with Crippen LogP contribution < -0.4 is 5.32 Å². The summed E-state index contributed by atoms with van der Waals surface area (Å²) in [4.78, 5) is 12.3. The van der Waals surface area contributed by atoms with Crippen molar-refractivity contribution in [2.24, 2.45) is 0 Å². The number of rotatable bonds is 2. The van der Waals surface area contributed by atoms with Crippen LogP contribution in [0.3, 0.4) is 0 Å². The monoisotopic (exact) mass is 186 g/mol. The van der Waals surface area contributed by atoms with Gasteiger partial charge in [0.1, 0.15) is 5.82 Å². The molecule has 1 N–H and O–H groups in total. The summed E-state index contributed by atoms with van der Waals surface area (Å²) >= 11 is 0. The Bertz CT molecular complexity index is 396. The van der Waals surface area contributed by atoms with E-state index in [-0.39, 0.29) is 0 Å². The summed E-state index contributed by atoms with van der Waals surface area (Å²) < 4.78 is 0. The van der Waals surface area contributed by atoms with Gasteiger partial charge in [-0.2, -0.15) is 0 Å². The summed E-state index contributed by atoms with van der Waals surface area (Å²) in [6.45, 7) is 1.95. The van der Waals surface area contributed by atoms with Gasteiger partial charge in [0.05, 0.1) is 0 Å². The second-order valence-electron chi connectivity index (χ2n) is 2.92. The van der Waals surface area contributed by atoms with Crippen molar-refractivity contribution >= 4 is 11.8 Å². The van der Waals surface area contributed by atoms with Crippen LogP contribution in [0, 0.1) is 6.92 Å². The molecule has 0 bridgehead atoms. The first-order chi connectivity index (χ1) is 6.84. The van der Waals surface area contributed by atoms with Gasteiger partial charge in [0.25, 0.3) is 0 Å². The van der Waals surface area contributed by atoms with Gasteiger partial charge in [-0.05, 0) is 24.6 Å². The van der Waals surface area contributed by atoms with Crippen molar-refractivity contribution < 1.29 is 0 Å². The van der Waals surface area contributed by atoms with E-state index in [4.69, 9.17) is 0 Å². The Labute approximate surface area is 82.1 Å². The molecule has 0 unspecified atom stereocenters. The number of nitrogens with one attached hydrogen (secondary N) is 1.